The summed E-state index contributed by atoms with van der Waals surface area (Å²) >= 11 is 0. The van der Waals surface area contributed by atoms with Gasteiger partial charge in [0, 0.05) is 16.2 Å². The van der Waals surface area contributed by atoms with Gasteiger partial charge in [0.25, 0.3) is 9.84 Å². The number of sulfone groups is 1. The van der Waals surface area contributed by atoms with Crippen molar-refractivity contribution < 1.29 is 36.0 Å². The van der Waals surface area contributed by atoms with Crippen LogP contribution in [0.4, 0.5) is 13.2 Å². The molecule has 2 unspecified atom stereocenters. The Hall–Kier alpha value is -2.44. The number of allylic oxidation sites excluding steroid dienone is 2. The SMILES string of the molecule is O=[N+]([O-])C12C=C(S(=O)(=O)C(F)(F)F)C(c3c1no[n+]3[O-])[C@H]1CC=C[C@H]12. The monoisotopic (exact) mass is 379 g/mol. The maximum atomic E-state index is 13.1. The molecule has 0 fully saturated rings. The van der Waals surface area contributed by atoms with Gasteiger partial charge in [-0.25, -0.2) is 8.42 Å². The summed E-state index contributed by atoms with van der Waals surface area (Å²) in [5.41, 5.74) is -9.05. The van der Waals surface area contributed by atoms with Crippen molar-refractivity contribution in [3.63, 3.8) is 0 Å². The second-order valence-electron chi connectivity index (χ2n) is 6.07. The van der Waals surface area contributed by atoms with E-state index in [1.807, 2.05) is 0 Å². The Labute approximate surface area is 137 Å². The quantitative estimate of drug-likeness (QED) is 0.323. The van der Waals surface area contributed by atoms with Crippen LogP contribution in [0.25, 0.3) is 0 Å². The molecular weight excluding hydrogens is 371 g/mol. The van der Waals surface area contributed by atoms with E-state index >= 15 is 0 Å². The molecular formula is C12H8F3N3O6S. The van der Waals surface area contributed by atoms with Gasteiger partial charge in [0.05, 0.1) is 16.7 Å². The summed E-state index contributed by atoms with van der Waals surface area (Å²) in [7, 11) is -5.87. The van der Waals surface area contributed by atoms with Crippen molar-refractivity contribution in [1.29, 1.82) is 0 Å². The van der Waals surface area contributed by atoms with E-state index in [1.165, 1.54) is 12.2 Å². The molecule has 5 rings (SSSR count). The lowest BCUT2D eigenvalue weighted by atomic mass is 9.60. The number of hydrogen-bond donors (Lipinski definition) is 0. The molecule has 9 nitrogen and oxygen atoms in total. The van der Waals surface area contributed by atoms with E-state index < -0.39 is 59.9 Å². The highest BCUT2D eigenvalue weighted by Gasteiger charge is 2.73. The molecule has 1 heterocycles. The van der Waals surface area contributed by atoms with Crippen molar-refractivity contribution in [3.8, 4) is 0 Å². The molecule has 25 heavy (non-hydrogen) atoms. The normalized spacial score (nSPS) is 33.1. The van der Waals surface area contributed by atoms with Crippen molar-refractivity contribution in [1.82, 2.24) is 5.16 Å². The molecule has 134 valence electrons. The molecule has 4 aliphatic rings. The highest BCUT2D eigenvalue weighted by molar-refractivity contribution is 7.96. The molecule has 0 saturated carbocycles. The van der Waals surface area contributed by atoms with Crippen LogP contribution in [0.3, 0.4) is 0 Å². The standard InChI is InChI=1S/C12H8F3N3O6S/c13-12(14,15)25(22,23)7-4-11(18(20)21)6-3-1-2-5(6)8(7)9-10(11)16-24-17(9)19/h1,3-6,8H,2H2/t5-,6+,8?,11?/m0/s1. The number of aromatic nitrogens is 2. The van der Waals surface area contributed by atoms with Gasteiger partial charge in [0.2, 0.25) is 5.69 Å². The van der Waals surface area contributed by atoms with Gasteiger partial charge in [-0.15, -0.1) is 0 Å². The van der Waals surface area contributed by atoms with Crippen molar-refractivity contribution in [2.45, 2.75) is 23.4 Å². The molecule has 1 aromatic heterocycles. The minimum atomic E-state index is -5.87. The van der Waals surface area contributed by atoms with E-state index in [4.69, 9.17) is 0 Å². The summed E-state index contributed by atoms with van der Waals surface area (Å²) in [6.45, 7) is 0. The molecule has 0 saturated heterocycles. The van der Waals surface area contributed by atoms with Crippen LogP contribution < -0.4 is 4.90 Å². The molecule has 0 aromatic carbocycles. The predicted octanol–water partition coefficient (Wildman–Crippen LogP) is 0.902. The van der Waals surface area contributed by atoms with Crippen LogP contribution in [0.15, 0.2) is 27.8 Å². The predicted molar refractivity (Wildman–Crippen MR) is 70.7 cm³/mol. The first-order chi connectivity index (χ1) is 11.5. The Morgan fingerprint density at radius 2 is 2.12 bits per heavy atom. The topological polar surface area (TPSA) is 130 Å². The van der Waals surface area contributed by atoms with Crippen LogP contribution in [0.1, 0.15) is 23.7 Å². The smallest absolute Gasteiger partial charge is 0.359 e. The Morgan fingerprint density at radius 1 is 1.44 bits per heavy atom. The summed E-state index contributed by atoms with van der Waals surface area (Å²) in [4.78, 5) is 9.48. The second kappa shape index (κ2) is 4.39. The Morgan fingerprint density at radius 3 is 2.72 bits per heavy atom. The Bertz CT molecular complexity index is 965. The Kier molecular flexibility index (Phi) is 2.82. The fourth-order valence-corrected chi connectivity index (χ4v) is 5.32. The van der Waals surface area contributed by atoms with Gasteiger partial charge in [0.15, 0.2) is 0 Å². The van der Waals surface area contributed by atoms with E-state index in [9.17, 15) is 36.9 Å². The number of alkyl halides is 3. The van der Waals surface area contributed by atoms with Crippen molar-refractivity contribution in [3.05, 3.63) is 49.8 Å². The first kappa shape index (κ1) is 16.1. The summed E-state index contributed by atoms with van der Waals surface area (Å²) in [5.74, 6) is -3.31. The molecule has 4 aliphatic carbocycles. The third kappa shape index (κ3) is 1.66. The molecule has 0 radical (unpaired) electrons. The highest BCUT2D eigenvalue weighted by Crippen LogP contribution is 2.62. The first-order valence-corrected chi connectivity index (χ1v) is 8.47. The number of nitrogens with zero attached hydrogens (tertiary/aromatic N) is 3. The molecule has 0 aliphatic heterocycles. The molecule has 0 spiro atoms. The van der Waals surface area contributed by atoms with E-state index in [2.05, 4.69) is 9.79 Å². The van der Waals surface area contributed by atoms with Gasteiger partial charge >= 0.3 is 16.7 Å². The fourth-order valence-electron chi connectivity index (χ4n) is 4.10. The minimum Gasteiger partial charge on any atom is -0.359 e. The van der Waals surface area contributed by atoms with E-state index in [0.717, 1.165) is 0 Å². The number of rotatable bonds is 2. The van der Waals surface area contributed by atoms with Crippen LogP contribution in [0.5, 0.6) is 0 Å². The molecule has 13 heteroatoms. The van der Waals surface area contributed by atoms with Crippen LogP contribution in [-0.2, 0) is 15.4 Å². The van der Waals surface area contributed by atoms with Gasteiger partial charge in [-0.1, -0.05) is 12.2 Å². The fraction of sp³-hybridized carbons (Fsp3) is 0.500. The lowest BCUT2D eigenvalue weighted by Gasteiger charge is -2.42. The summed E-state index contributed by atoms with van der Waals surface area (Å²) in [6.07, 6.45) is 3.54. The van der Waals surface area contributed by atoms with Crippen LogP contribution in [0, 0.1) is 27.2 Å². The molecule has 0 amide bonds. The van der Waals surface area contributed by atoms with Gasteiger partial charge in [-0.05, 0) is 17.2 Å². The average Bonchev–Trinajstić information content (AvgIpc) is 3.14. The molecule has 2 bridgehead atoms. The van der Waals surface area contributed by atoms with Gasteiger partial charge in [-0.3, -0.25) is 14.7 Å². The summed E-state index contributed by atoms with van der Waals surface area (Å²) in [6, 6.07) is 0. The molecule has 0 N–H and O–H groups in total. The lowest BCUT2D eigenvalue weighted by Crippen LogP contribution is -2.56. The van der Waals surface area contributed by atoms with Gasteiger partial charge in [0.1, 0.15) is 0 Å². The third-order valence-corrected chi connectivity index (χ3v) is 6.66. The van der Waals surface area contributed by atoms with E-state index in [1.54, 1.807) is 0 Å². The van der Waals surface area contributed by atoms with Crippen LogP contribution in [-0.4, -0.2) is 24.0 Å². The minimum absolute atomic E-state index is 0.0975. The van der Waals surface area contributed by atoms with Crippen LogP contribution in [0.2, 0.25) is 0 Å². The zero-order valence-corrected chi connectivity index (χ0v) is 12.8. The van der Waals surface area contributed by atoms with Crippen molar-refractivity contribution >= 4 is 9.84 Å². The van der Waals surface area contributed by atoms with Gasteiger partial charge < -0.3 is 5.21 Å². The zero-order valence-electron chi connectivity index (χ0n) is 12.0. The number of hydrogen-bond acceptors (Lipinski definition) is 7. The van der Waals surface area contributed by atoms with Crippen LogP contribution >= 0.6 is 0 Å². The highest BCUT2D eigenvalue weighted by atomic mass is 32.2. The van der Waals surface area contributed by atoms with Gasteiger partial charge in [-0.2, -0.15) is 13.2 Å². The molecule has 1 aromatic rings. The average molecular weight is 379 g/mol. The largest absolute Gasteiger partial charge is 0.501 e. The zero-order chi connectivity index (χ0) is 18.4. The first-order valence-electron chi connectivity index (χ1n) is 6.99. The maximum Gasteiger partial charge on any atom is 0.501 e. The second-order valence-corrected chi connectivity index (χ2v) is 8.01. The lowest BCUT2D eigenvalue weighted by molar-refractivity contribution is -0.809. The van der Waals surface area contributed by atoms with E-state index in [-0.39, 0.29) is 11.3 Å². The van der Waals surface area contributed by atoms with E-state index in [0.29, 0.717) is 6.08 Å². The van der Waals surface area contributed by atoms with Crippen molar-refractivity contribution in [2.24, 2.45) is 11.8 Å². The maximum absolute atomic E-state index is 13.1. The summed E-state index contributed by atoms with van der Waals surface area (Å²) < 4.78 is 67.6. The third-order valence-electron chi connectivity index (χ3n) is 5.05. The number of nitro groups is 1. The number of halogens is 3. The Balaban J connectivity index is 2.09. The summed E-state index contributed by atoms with van der Waals surface area (Å²) in [5, 5.41) is 27.0. The molecule has 4 atom stereocenters. The van der Waals surface area contributed by atoms with Crippen molar-refractivity contribution in [2.75, 3.05) is 0 Å².